The number of carboxylic acid groups (broad SMARTS) is 1. The number of ether oxygens (including phenoxy) is 2. The lowest BCUT2D eigenvalue weighted by molar-refractivity contribution is 0.0697. The van der Waals surface area contributed by atoms with Gasteiger partial charge in [-0.3, -0.25) is 4.90 Å². The van der Waals surface area contributed by atoms with Crippen LogP contribution in [0, 0.1) is 0 Å². The van der Waals surface area contributed by atoms with Gasteiger partial charge in [-0.2, -0.15) is 0 Å². The molecule has 234 valence electrons. The zero-order valence-electron chi connectivity index (χ0n) is 25.9. The van der Waals surface area contributed by atoms with Crippen molar-refractivity contribution < 1.29 is 19.4 Å². The summed E-state index contributed by atoms with van der Waals surface area (Å²) in [6.45, 7) is 9.71. The molecule has 4 aromatic rings. The molecule has 1 aromatic heterocycles. The van der Waals surface area contributed by atoms with Crippen molar-refractivity contribution in [3.63, 3.8) is 0 Å². The number of piperazine rings is 2. The lowest BCUT2D eigenvalue weighted by Gasteiger charge is -2.36. The molecule has 6 rings (SSSR count). The van der Waals surface area contributed by atoms with Crippen LogP contribution >= 0.6 is 0 Å². The van der Waals surface area contributed by atoms with E-state index in [4.69, 9.17) is 9.47 Å². The Morgan fingerprint density at radius 3 is 1.93 bits per heavy atom. The predicted molar refractivity (Wildman–Crippen MR) is 178 cm³/mol. The molecular formula is C35H45N5O4. The van der Waals surface area contributed by atoms with Crippen molar-refractivity contribution in [2.75, 3.05) is 82.9 Å². The number of benzene rings is 3. The van der Waals surface area contributed by atoms with Crippen LogP contribution in [0.1, 0.15) is 28.8 Å². The highest BCUT2D eigenvalue weighted by Gasteiger charge is 2.17. The fraction of sp³-hybridized carbons (Fsp3) is 0.400. The fourth-order valence-electron chi connectivity index (χ4n) is 5.91. The van der Waals surface area contributed by atoms with Gasteiger partial charge in [0.05, 0.1) is 19.8 Å². The number of nitrogens with one attached hydrogen (secondary N) is 2. The minimum Gasteiger partial charge on any atom is -0.497 e. The fourth-order valence-corrected chi connectivity index (χ4v) is 5.91. The molecule has 3 heterocycles. The van der Waals surface area contributed by atoms with Crippen LogP contribution < -0.4 is 24.6 Å². The summed E-state index contributed by atoms with van der Waals surface area (Å²) in [5.41, 5.74) is 5.10. The Bertz CT molecular complexity index is 1460. The van der Waals surface area contributed by atoms with Gasteiger partial charge in [0.1, 0.15) is 11.5 Å². The largest absolute Gasteiger partial charge is 0.497 e. The number of methoxy groups -OCH3 is 2. The summed E-state index contributed by atoms with van der Waals surface area (Å²) in [6.07, 6.45) is 5.23. The van der Waals surface area contributed by atoms with Crippen LogP contribution in [0.3, 0.4) is 0 Å². The van der Waals surface area contributed by atoms with Crippen molar-refractivity contribution in [2.24, 2.45) is 0 Å². The molecule has 9 heteroatoms. The van der Waals surface area contributed by atoms with Gasteiger partial charge in [0, 0.05) is 80.8 Å². The van der Waals surface area contributed by atoms with Gasteiger partial charge < -0.3 is 34.7 Å². The van der Waals surface area contributed by atoms with Crippen molar-refractivity contribution >= 4 is 28.2 Å². The van der Waals surface area contributed by atoms with Gasteiger partial charge in [-0.05, 0) is 98.1 Å². The average Bonchev–Trinajstić information content (AvgIpc) is 3.50. The highest BCUT2D eigenvalue weighted by atomic mass is 16.5. The van der Waals surface area contributed by atoms with Crippen LogP contribution in [0.25, 0.3) is 10.9 Å². The number of aromatic nitrogens is 1. The van der Waals surface area contributed by atoms with Crippen molar-refractivity contribution in [3.8, 4) is 11.5 Å². The van der Waals surface area contributed by atoms with Crippen LogP contribution in [0.5, 0.6) is 11.5 Å². The van der Waals surface area contributed by atoms with E-state index in [2.05, 4.69) is 49.3 Å². The Balaban J connectivity index is 0.000000229. The van der Waals surface area contributed by atoms with Gasteiger partial charge in [-0.1, -0.05) is 0 Å². The number of nitrogens with zero attached hydrogens (tertiary/aromatic N) is 3. The van der Waals surface area contributed by atoms with Gasteiger partial charge in [0.25, 0.3) is 0 Å². The van der Waals surface area contributed by atoms with Crippen LogP contribution in [0.15, 0.2) is 72.9 Å². The lowest BCUT2D eigenvalue weighted by atomic mass is 10.0. The summed E-state index contributed by atoms with van der Waals surface area (Å²) in [7, 11) is 3.39. The Labute approximate surface area is 260 Å². The number of fused-ring (bicyclic) bond motifs is 1. The summed E-state index contributed by atoms with van der Waals surface area (Å²) in [5, 5.41) is 13.6. The molecule has 3 N–H and O–H groups in total. The topological polar surface area (TPSA) is 93.3 Å². The Morgan fingerprint density at radius 2 is 1.36 bits per heavy atom. The number of anilines is 2. The van der Waals surface area contributed by atoms with E-state index in [1.165, 1.54) is 16.9 Å². The van der Waals surface area contributed by atoms with E-state index in [0.717, 1.165) is 101 Å². The van der Waals surface area contributed by atoms with E-state index in [9.17, 15) is 9.90 Å². The number of H-pyrrole nitrogens is 1. The summed E-state index contributed by atoms with van der Waals surface area (Å²) in [5.74, 6) is 0.938. The molecule has 0 aliphatic carbocycles. The maximum Gasteiger partial charge on any atom is 0.335 e. The molecule has 2 fully saturated rings. The molecule has 9 nitrogen and oxygen atoms in total. The first kappa shape index (κ1) is 31.2. The van der Waals surface area contributed by atoms with E-state index < -0.39 is 5.97 Å². The molecular weight excluding hydrogens is 554 g/mol. The predicted octanol–water partition coefficient (Wildman–Crippen LogP) is 5.12. The van der Waals surface area contributed by atoms with E-state index >= 15 is 0 Å². The van der Waals surface area contributed by atoms with Crippen LogP contribution in [0.4, 0.5) is 11.4 Å². The van der Waals surface area contributed by atoms with Gasteiger partial charge in [-0.25, -0.2) is 4.79 Å². The van der Waals surface area contributed by atoms with E-state index in [-0.39, 0.29) is 0 Å². The number of carboxylic acids is 1. The first-order valence-corrected chi connectivity index (χ1v) is 15.6. The van der Waals surface area contributed by atoms with Crippen molar-refractivity contribution in [1.82, 2.24) is 15.2 Å². The smallest absolute Gasteiger partial charge is 0.335 e. The molecule has 0 spiro atoms. The van der Waals surface area contributed by atoms with E-state index in [1.807, 2.05) is 36.5 Å². The molecule has 0 saturated carbocycles. The summed E-state index contributed by atoms with van der Waals surface area (Å²) >= 11 is 0. The van der Waals surface area contributed by atoms with Gasteiger partial charge >= 0.3 is 5.97 Å². The van der Waals surface area contributed by atoms with Gasteiger partial charge in [-0.15, -0.1) is 0 Å². The second kappa shape index (κ2) is 15.5. The summed E-state index contributed by atoms with van der Waals surface area (Å²) < 4.78 is 10.4. The van der Waals surface area contributed by atoms with Crippen LogP contribution in [0.2, 0.25) is 0 Å². The van der Waals surface area contributed by atoms with Gasteiger partial charge in [0.2, 0.25) is 0 Å². The third-order valence-electron chi connectivity index (χ3n) is 8.55. The molecule has 0 atom stereocenters. The molecule has 2 saturated heterocycles. The lowest BCUT2D eigenvalue weighted by Crippen LogP contribution is -2.46. The molecule has 0 bridgehead atoms. The Hall–Kier alpha value is -4.21. The summed E-state index contributed by atoms with van der Waals surface area (Å²) in [6, 6.07) is 21.8. The zero-order chi connectivity index (χ0) is 30.7. The Morgan fingerprint density at radius 1 is 0.773 bits per heavy atom. The average molecular weight is 600 g/mol. The second-order valence-corrected chi connectivity index (χ2v) is 11.3. The molecule has 2 aliphatic heterocycles. The maximum atomic E-state index is 11.2. The monoisotopic (exact) mass is 599 g/mol. The summed E-state index contributed by atoms with van der Waals surface area (Å²) in [4.78, 5) is 21.8. The van der Waals surface area contributed by atoms with E-state index in [1.54, 1.807) is 26.4 Å². The second-order valence-electron chi connectivity index (χ2n) is 11.3. The molecule has 44 heavy (non-hydrogen) atoms. The quantitative estimate of drug-likeness (QED) is 0.216. The normalized spacial score (nSPS) is 15.5. The first-order valence-electron chi connectivity index (χ1n) is 15.6. The molecule has 0 radical (unpaired) electrons. The minimum absolute atomic E-state index is 0.345. The number of unbranched alkanes of at least 4 members (excludes halogenated alkanes) is 1. The SMILES string of the molecule is COc1ccc(N2CCN(CCCCc3c[nH]c4ccc(C(=O)O)cc34)CC2)cc1.COc1ccc(N2CCNCC2)cc1. The third-order valence-corrected chi connectivity index (χ3v) is 8.55. The number of hydrogen-bond acceptors (Lipinski definition) is 7. The van der Waals surface area contributed by atoms with Gasteiger partial charge in [0.15, 0.2) is 0 Å². The van der Waals surface area contributed by atoms with Crippen LogP contribution in [-0.4, -0.2) is 94.1 Å². The van der Waals surface area contributed by atoms with Crippen molar-refractivity contribution in [3.05, 3.63) is 84.1 Å². The van der Waals surface area contributed by atoms with Crippen molar-refractivity contribution in [1.29, 1.82) is 0 Å². The van der Waals surface area contributed by atoms with Crippen LogP contribution in [-0.2, 0) is 6.42 Å². The highest BCUT2D eigenvalue weighted by Crippen LogP contribution is 2.23. The standard InChI is InChI=1S/C24H29N3O3.C11H16N2O/c1-30-21-8-6-20(7-9-21)27-14-12-26(13-15-27)11-3-2-4-19-17-25-23-10-5-18(24(28)29)16-22(19)23;1-14-11-4-2-10(3-5-11)13-8-6-12-7-9-13/h5-10,16-17,25H,2-4,11-15H2,1H3,(H,28,29);2-5,12H,6-9H2,1H3. The Kier molecular flexibility index (Phi) is 11.0. The number of hydrogen-bond donors (Lipinski definition) is 3. The highest BCUT2D eigenvalue weighted by molar-refractivity contribution is 5.94. The van der Waals surface area contributed by atoms with E-state index in [0.29, 0.717) is 5.56 Å². The molecule has 0 amide bonds. The zero-order valence-corrected chi connectivity index (χ0v) is 25.9. The number of aromatic carboxylic acids is 1. The number of aromatic amines is 1. The number of carbonyl (C=O) groups is 1. The molecule has 0 unspecified atom stereocenters. The number of rotatable bonds is 10. The number of aryl methyl sites for hydroxylation is 1. The third kappa shape index (κ3) is 8.24. The van der Waals surface area contributed by atoms with Crippen molar-refractivity contribution in [2.45, 2.75) is 19.3 Å². The minimum atomic E-state index is -0.877. The maximum absolute atomic E-state index is 11.2. The molecule has 3 aromatic carbocycles. The molecule has 2 aliphatic rings. The first-order chi connectivity index (χ1) is 21.5.